The molecule has 0 atom stereocenters. The molecule has 0 bridgehead atoms. The Morgan fingerprint density at radius 2 is 1.42 bits per heavy atom. The Labute approximate surface area is 163 Å². The van der Waals surface area contributed by atoms with Crippen molar-refractivity contribution in [2.75, 3.05) is 6.61 Å². The lowest BCUT2D eigenvalue weighted by atomic mass is 10.1. The Bertz CT molecular complexity index is 494. The van der Waals surface area contributed by atoms with Gasteiger partial charge in [-0.3, -0.25) is 0 Å². The van der Waals surface area contributed by atoms with Crippen molar-refractivity contribution in [3.05, 3.63) is 29.6 Å². The van der Waals surface area contributed by atoms with Crippen molar-refractivity contribution in [2.24, 2.45) is 0 Å². The number of hydrogen-bond donors (Lipinski definition) is 1. The summed E-state index contributed by atoms with van der Waals surface area (Å²) >= 11 is 0. The van der Waals surface area contributed by atoms with Gasteiger partial charge in [0.2, 0.25) is 0 Å². The van der Waals surface area contributed by atoms with Gasteiger partial charge in [-0.15, -0.1) is 12.4 Å². The van der Waals surface area contributed by atoms with Crippen LogP contribution < -0.4 is 4.74 Å². The van der Waals surface area contributed by atoms with E-state index in [9.17, 15) is 9.18 Å². The summed E-state index contributed by atoms with van der Waals surface area (Å²) in [6.45, 7) is 2.72. The first kappa shape index (κ1) is 24.7. The van der Waals surface area contributed by atoms with Gasteiger partial charge in [0, 0.05) is 0 Å². The third-order valence-corrected chi connectivity index (χ3v) is 4.43. The molecule has 0 spiro atoms. The third kappa shape index (κ3) is 11.3. The number of rotatable bonds is 15. The Balaban J connectivity index is 0.00000625. The number of carboxylic acid groups (broad SMARTS) is 1. The quantitative estimate of drug-likeness (QED) is 0.328. The maximum Gasteiger partial charge on any atom is 0.335 e. The SMILES string of the molecule is CCCCCCCCCCCCCCOc1ccc(C(=O)O)cc1F.Cl. The highest BCUT2D eigenvalue weighted by atomic mass is 35.5. The molecule has 0 radical (unpaired) electrons. The molecule has 0 unspecified atom stereocenters. The second-order valence-electron chi connectivity index (χ2n) is 6.69. The number of carbonyl (C=O) groups is 1. The molecule has 0 fully saturated rings. The van der Waals surface area contributed by atoms with Crippen LogP contribution in [-0.4, -0.2) is 17.7 Å². The van der Waals surface area contributed by atoms with Crippen molar-refractivity contribution >= 4 is 18.4 Å². The summed E-state index contributed by atoms with van der Waals surface area (Å²) < 4.78 is 19.1. The fourth-order valence-corrected chi connectivity index (χ4v) is 2.88. The van der Waals surface area contributed by atoms with E-state index in [1.165, 1.54) is 76.3 Å². The van der Waals surface area contributed by atoms with Gasteiger partial charge in [-0.1, -0.05) is 77.6 Å². The van der Waals surface area contributed by atoms with E-state index < -0.39 is 11.8 Å². The van der Waals surface area contributed by atoms with Crippen LogP contribution in [0.3, 0.4) is 0 Å². The summed E-state index contributed by atoms with van der Waals surface area (Å²) in [4.78, 5) is 10.7. The predicted octanol–water partition coefficient (Wildman–Crippen LogP) is 7.03. The summed E-state index contributed by atoms with van der Waals surface area (Å²) in [6, 6.07) is 3.75. The van der Waals surface area contributed by atoms with Crippen molar-refractivity contribution in [2.45, 2.75) is 84.0 Å². The maximum absolute atomic E-state index is 13.7. The largest absolute Gasteiger partial charge is 0.491 e. The summed E-state index contributed by atoms with van der Waals surface area (Å²) in [7, 11) is 0. The smallest absolute Gasteiger partial charge is 0.335 e. The van der Waals surface area contributed by atoms with Crippen LogP contribution in [0.1, 0.15) is 94.3 Å². The first-order valence-corrected chi connectivity index (χ1v) is 9.80. The minimum absolute atomic E-state index is 0. The number of ether oxygens (including phenoxy) is 1. The second kappa shape index (κ2) is 15.9. The number of hydrogen-bond acceptors (Lipinski definition) is 2. The normalized spacial score (nSPS) is 10.4. The molecule has 1 N–H and O–H groups in total. The molecule has 3 nitrogen and oxygen atoms in total. The zero-order valence-electron chi connectivity index (χ0n) is 16.0. The van der Waals surface area contributed by atoms with Crippen LogP contribution in [0.5, 0.6) is 5.75 Å². The molecule has 0 aromatic heterocycles. The summed E-state index contributed by atoms with van der Waals surface area (Å²) in [5.74, 6) is -1.61. The molecule has 0 saturated carbocycles. The second-order valence-corrected chi connectivity index (χ2v) is 6.69. The van der Waals surface area contributed by atoms with Gasteiger partial charge in [0.05, 0.1) is 12.2 Å². The van der Waals surface area contributed by atoms with Crippen molar-refractivity contribution in [3.8, 4) is 5.75 Å². The molecule has 1 aromatic carbocycles. The number of benzene rings is 1. The van der Waals surface area contributed by atoms with E-state index in [1.54, 1.807) is 0 Å². The fraction of sp³-hybridized carbons (Fsp3) is 0.667. The lowest BCUT2D eigenvalue weighted by molar-refractivity contribution is 0.0696. The molecular weight excluding hydrogens is 355 g/mol. The number of halogens is 2. The van der Waals surface area contributed by atoms with Crippen molar-refractivity contribution in [3.63, 3.8) is 0 Å². The van der Waals surface area contributed by atoms with E-state index in [4.69, 9.17) is 9.84 Å². The first-order chi connectivity index (χ1) is 12.1. The molecule has 5 heteroatoms. The van der Waals surface area contributed by atoms with Crippen LogP contribution in [0.15, 0.2) is 18.2 Å². The van der Waals surface area contributed by atoms with E-state index in [1.807, 2.05) is 0 Å². The molecule has 0 aliphatic carbocycles. The van der Waals surface area contributed by atoms with E-state index in [2.05, 4.69) is 6.92 Å². The Morgan fingerprint density at radius 1 is 0.923 bits per heavy atom. The van der Waals surface area contributed by atoms with Crippen molar-refractivity contribution in [1.29, 1.82) is 0 Å². The molecule has 0 heterocycles. The predicted molar refractivity (Wildman–Crippen MR) is 107 cm³/mol. The Kier molecular flexibility index (Phi) is 15.1. The molecule has 0 aliphatic heterocycles. The Hall–Kier alpha value is -1.29. The van der Waals surface area contributed by atoms with Gasteiger partial charge in [0.25, 0.3) is 0 Å². The van der Waals surface area contributed by atoms with Crippen molar-refractivity contribution in [1.82, 2.24) is 0 Å². The standard InChI is InChI=1S/C21H33FO3.ClH/c1-2-3-4-5-6-7-8-9-10-11-12-13-16-25-20-15-14-18(21(23)24)17-19(20)22;/h14-15,17H,2-13,16H2,1H3,(H,23,24);1H. The van der Waals surface area contributed by atoms with Crippen molar-refractivity contribution < 1.29 is 19.0 Å². The van der Waals surface area contributed by atoms with Crippen LogP contribution in [0.4, 0.5) is 4.39 Å². The monoisotopic (exact) mass is 388 g/mol. The fourth-order valence-electron chi connectivity index (χ4n) is 2.88. The van der Waals surface area contributed by atoms with E-state index in [0.29, 0.717) is 6.61 Å². The molecule has 1 aromatic rings. The minimum atomic E-state index is -1.13. The van der Waals surface area contributed by atoms with Gasteiger partial charge in [0.15, 0.2) is 11.6 Å². The molecule has 0 saturated heterocycles. The van der Waals surface area contributed by atoms with E-state index in [-0.39, 0.29) is 23.7 Å². The highest BCUT2D eigenvalue weighted by Crippen LogP contribution is 2.19. The van der Waals surface area contributed by atoms with Gasteiger partial charge in [-0.25, -0.2) is 9.18 Å². The topological polar surface area (TPSA) is 46.5 Å². The lowest BCUT2D eigenvalue weighted by Crippen LogP contribution is -2.02. The van der Waals surface area contributed by atoms with Gasteiger partial charge in [-0.2, -0.15) is 0 Å². The average Bonchev–Trinajstić information content (AvgIpc) is 2.60. The summed E-state index contributed by atoms with van der Waals surface area (Å²) in [5, 5.41) is 8.79. The van der Waals surface area contributed by atoms with Crippen LogP contribution in [0.25, 0.3) is 0 Å². The molecule has 0 aliphatic rings. The molecular formula is C21H34ClFO3. The van der Waals surface area contributed by atoms with Crippen LogP contribution in [0, 0.1) is 5.82 Å². The summed E-state index contributed by atoms with van der Waals surface area (Å²) in [6.07, 6.45) is 15.3. The molecule has 0 amide bonds. The zero-order chi connectivity index (χ0) is 18.3. The van der Waals surface area contributed by atoms with Gasteiger partial charge >= 0.3 is 5.97 Å². The van der Waals surface area contributed by atoms with Gasteiger partial charge in [0.1, 0.15) is 0 Å². The van der Waals surface area contributed by atoms with Gasteiger partial charge in [-0.05, 0) is 24.6 Å². The number of carboxylic acids is 1. The highest BCUT2D eigenvalue weighted by molar-refractivity contribution is 5.87. The maximum atomic E-state index is 13.7. The molecule has 26 heavy (non-hydrogen) atoms. The minimum Gasteiger partial charge on any atom is -0.491 e. The average molecular weight is 389 g/mol. The number of aromatic carboxylic acids is 1. The van der Waals surface area contributed by atoms with Crippen LogP contribution in [0.2, 0.25) is 0 Å². The number of unbranched alkanes of at least 4 members (excludes halogenated alkanes) is 11. The molecule has 1 rings (SSSR count). The summed E-state index contributed by atoms with van der Waals surface area (Å²) in [5.41, 5.74) is -0.0600. The first-order valence-electron chi connectivity index (χ1n) is 9.80. The third-order valence-electron chi connectivity index (χ3n) is 4.43. The van der Waals surface area contributed by atoms with Gasteiger partial charge < -0.3 is 9.84 Å². The Morgan fingerprint density at radius 3 is 1.88 bits per heavy atom. The van der Waals surface area contributed by atoms with E-state index >= 15 is 0 Å². The molecule has 150 valence electrons. The van der Waals surface area contributed by atoms with Crippen LogP contribution >= 0.6 is 12.4 Å². The lowest BCUT2D eigenvalue weighted by Gasteiger charge is -2.08. The van der Waals surface area contributed by atoms with E-state index in [0.717, 1.165) is 18.9 Å². The highest BCUT2D eigenvalue weighted by Gasteiger charge is 2.08. The van der Waals surface area contributed by atoms with Crippen LogP contribution in [-0.2, 0) is 0 Å². The zero-order valence-corrected chi connectivity index (χ0v) is 16.8.